The fourth-order valence-corrected chi connectivity index (χ4v) is 1.85. The third-order valence-corrected chi connectivity index (χ3v) is 2.76. The number of rotatable bonds is 4. The third kappa shape index (κ3) is 2.47. The molecule has 0 saturated heterocycles. The van der Waals surface area contributed by atoms with E-state index in [-0.39, 0.29) is 12.6 Å². The zero-order chi connectivity index (χ0) is 11.4. The molecule has 0 nitrogen and oxygen atoms in total. The van der Waals surface area contributed by atoms with E-state index in [0.29, 0.717) is 5.92 Å². The van der Waals surface area contributed by atoms with Gasteiger partial charge >= 0.3 is 0 Å². The van der Waals surface area contributed by atoms with Crippen molar-refractivity contribution in [1.29, 1.82) is 0 Å². The van der Waals surface area contributed by atoms with Gasteiger partial charge in [-0.25, -0.2) is 0 Å². The van der Waals surface area contributed by atoms with Crippen molar-refractivity contribution in [3.05, 3.63) is 41.5 Å². The molecule has 0 spiro atoms. The summed E-state index contributed by atoms with van der Waals surface area (Å²) in [5.74, 6) is 0.404. The normalized spacial score (nSPS) is 12.9. The summed E-state index contributed by atoms with van der Waals surface area (Å²) in [7, 11) is 0. The second kappa shape index (κ2) is 5.11. The summed E-state index contributed by atoms with van der Waals surface area (Å²) in [6, 6.07) is 6.09. The molecule has 0 aliphatic carbocycles. The molecule has 15 heavy (non-hydrogen) atoms. The molecule has 0 aromatic heterocycles. The summed E-state index contributed by atoms with van der Waals surface area (Å²) in [4.78, 5) is 0. The first kappa shape index (κ1) is 12.0. The average molecular weight is 206 g/mol. The van der Waals surface area contributed by atoms with Gasteiger partial charge in [0.05, 0.1) is 6.67 Å². The van der Waals surface area contributed by atoms with Crippen LogP contribution in [0.2, 0.25) is 0 Å². The van der Waals surface area contributed by atoms with Crippen LogP contribution >= 0.6 is 0 Å². The molecular formula is C14H19F. The minimum Gasteiger partial charge on any atom is -0.250 e. The fourth-order valence-electron chi connectivity index (χ4n) is 1.85. The Morgan fingerprint density at radius 1 is 1.27 bits per heavy atom. The van der Waals surface area contributed by atoms with E-state index >= 15 is 0 Å². The maximum absolute atomic E-state index is 12.7. The maximum atomic E-state index is 12.7. The van der Waals surface area contributed by atoms with Crippen LogP contribution in [0.5, 0.6) is 0 Å². The SMILES string of the molecule is C=Cc1c(C(C)C)cccc1C(C)CF. The Bertz CT molecular complexity index is 339. The van der Waals surface area contributed by atoms with Gasteiger partial charge in [-0.3, -0.25) is 4.39 Å². The highest BCUT2D eigenvalue weighted by Crippen LogP contribution is 2.28. The molecule has 1 aromatic rings. The Morgan fingerprint density at radius 3 is 2.33 bits per heavy atom. The lowest BCUT2D eigenvalue weighted by Crippen LogP contribution is -2.02. The quantitative estimate of drug-likeness (QED) is 0.679. The fraction of sp³-hybridized carbons (Fsp3) is 0.429. The minimum atomic E-state index is -0.317. The lowest BCUT2D eigenvalue weighted by Gasteiger charge is -2.17. The first-order valence-corrected chi connectivity index (χ1v) is 5.43. The van der Waals surface area contributed by atoms with Gasteiger partial charge in [-0.2, -0.15) is 0 Å². The van der Waals surface area contributed by atoms with E-state index in [2.05, 4.69) is 26.5 Å². The molecule has 1 atom stereocenters. The summed E-state index contributed by atoms with van der Waals surface area (Å²) in [6.07, 6.45) is 1.84. The van der Waals surface area contributed by atoms with E-state index in [1.165, 1.54) is 5.56 Å². The molecule has 0 aliphatic rings. The summed E-state index contributed by atoms with van der Waals surface area (Å²) in [5.41, 5.74) is 3.43. The van der Waals surface area contributed by atoms with Crippen LogP contribution in [0, 0.1) is 0 Å². The van der Waals surface area contributed by atoms with Crippen LogP contribution in [0.3, 0.4) is 0 Å². The van der Waals surface area contributed by atoms with E-state index in [4.69, 9.17) is 0 Å². The van der Waals surface area contributed by atoms with E-state index in [0.717, 1.165) is 11.1 Å². The minimum absolute atomic E-state index is 0.0447. The van der Waals surface area contributed by atoms with Crippen molar-refractivity contribution < 1.29 is 4.39 Å². The lowest BCUT2D eigenvalue weighted by molar-refractivity contribution is 0.446. The summed E-state index contributed by atoms with van der Waals surface area (Å²) < 4.78 is 12.7. The van der Waals surface area contributed by atoms with Gasteiger partial charge in [0.25, 0.3) is 0 Å². The zero-order valence-corrected chi connectivity index (χ0v) is 9.76. The Balaban J connectivity index is 3.28. The molecule has 0 heterocycles. The largest absolute Gasteiger partial charge is 0.250 e. The monoisotopic (exact) mass is 206 g/mol. The van der Waals surface area contributed by atoms with Gasteiger partial charge in [0.15, 0.2) is 0 Å². The van der Waals surface area contributed by atoms with E-state index < -0.39 is 0 Å². The Kier molecular flexibility index (Phi) is 4.07. The number of hydrogen-bond donors (Lipinski definition) is 0. The van der Waals surface area contributed by atoms with Crippen molar-refractivity contribution >= 4 is 6.08 Å². The van der Waals surface area contributed by atoms with Gasteiger partial charge in [-0.05, 0) is 22.6 Å². The number of hydrogen-bond acceptors (Lipinski definition) is 0. The number of halogens is 1. The molecule has 0 saturated carbocycles. The average Bonchev–Trinajstić information content (AvgIpc) is 2.26. The Hall–Kier alpha value is -1.11. The van der Waals surface area contributed by atoms with Gasteiger partial charge in [0, 0.05) is 5.92 Å². The van der Waals surface area contributed by atoms with Crippen LogP contribution in [0.15, 0.2) is 24.8 Å². The van der Waals surface area contributed by atoms with Crippen molar-refractivity contribution in [2.24, 2.45) is 0 Å². The maximum Gasteiger partial charge on any atom is 0.0960 e. The van der Waals surface area contributed by atoms with Crippen LogP contribution in [0.1, 0.15) is 49.3 Å². The predicted molar refractivity (Wildman–Crippen MR) is 65.0 cm³/mol. The lowest BCUT2D eigenvalue weighted by atomic mass is 9.88. The van der Waals surface area contributed by atoms with Gasteiger partial charge in [-0.15, -0.1) is 0 Å². The van der Waals surface area contributed by atoms with Crippen LogP contribution in [-0.2, 0) is 0 Å². The Morgan fingerprint density at radius 2 is 1.87 bits per heavy atom. The number of benzene rings is 1. The van der Waals surface area contributed by atoms with E-state index in [1.54, 1.807) is 0 Å². The highest BCUT2D eigenvalue weighted by Gasteiger charge is 2.13. The molecule has 1 unspecified atom stereocenters. The van der Waals surface area contributed by atoms with Crippen molar-refractivity contribution in [2.45, 2.75) is 32.6 Å². The van der Waals surface area contributed by atoms with Crippen molar-refractivity contribution in [3.63, 3.8) is 0 Å². The van der Waals surface area contributed by atoms with Crippen molar-refractivity contribution in [1.82, 2.24) is 0 Å². The smallest absolute Gasteiger partial charge is 0.0960 e. The topological polar surface area (TPSA) is 0 Å². The van der Waals surface area contributed by atoms with E-state index in [9.17, 15) is 4.39 Å². The van der Waals surface area contributed by atoms with Gasteiger partial charge in [-0.1, -0.05) is 51.6 Å². The second-order valence-corrected chi connectivity index (χ2v) is 4.26. The number of alkyl halides is 1. The van der Waals surface area contributed by atoms with Crippen molar-refractivity contribution in [2.75, 3.05) is 6.67 Å². The van der Waals surface area contributed by atoms with Gasteiger partial charge in [0.2, 0.25) is 0 Å². The highest BCUT2D eigenvalue weighted by atomic mass is 19.1. The molecular weight excluding hydrogens is 187 g/mol. The van der Waals surface area contributed by atoms with E-state index in [1.807, 2.05) is 25.1 Å². The predicted octanol–water partition coefficient (Wildman–Crippen LogP) is 4.53. The third-order valence-electron chi connectivity index (χ3n) is 2.76. The molecule has 0 amide bonds. The molecule has 0 radical (unpaired) electrons. The molecule has 0 bridgehead atoms. The first-order chi connectivity index (χ1) is 7.11. The molecule has 1 rings (SSSR count). The van der Waals surface area contributed by atoms with Crippen LogP contribution in [-0.4, -0.2) is 6.67 Å². The molecule has 0 fully saturated rings. The molecule has 1 aromatic carbocycles. The first-order valence-electron chi connectivity index (χ1n) is 5.43. The van der Waals surface area contributed by atoms with Crippen LogP contribution < -0.4 is 0 Å². The molecule has 1 heteroatoms. The summed E-state index contributed by atoms with van der Waals surface area (Å²) in [5, 5.41) is 0. The summed E-state index contributed by atoms with van der Waals surface area (Å²) >= 11 is 0. The standard InChI is InChI=1S/C14H19F/c1-5-12-13(10(2)3)7-6-8-14(12)11(4)9-15/h5-8,10-11H,1,9H2,2-4H3. The zero-order valence-electron chi connectivity index (χ0n) is 9.76. The highest BCUT2D eigenvalue weighted by molar-refractivity contribution is 5.58. The molecule has 0 N–H and O–H groups in total. The van der Waals surface area contributed by atoms with Gasteiger partial charge < -0.3 is 0 Å². The van der Waals surface area contributed by atoms with Crippen LogP contribution in [0.25, 0.3) is 6.08 Å². The molecule has 0 aliphatic heterocycles. The van der Waals surface area contributed by atoms with Crippen LogP contribution in [0.4, 0.5) is 4.39 Å². The van der Waals surface area contributed by atoms with Gasteiger partial charge in [0.1, 0.15) is 0 Å². The summed E-state index contributed by atoms with van der Waals surface area (Å²) in [6.45, 7) is 9.71. The van der Waals surface area contributed by atoms with Crippen molar-refractivity contribution in [3.8, 4) is 0 Å². The molecule has 82 valence electrons. The second-order valence-electron chi connectivity index (χ2n) is 4.26. The Labute approximate surface area is 91.8 Å².